The van der Waals surface area contributed by atoms with E-state index in [9.17, 15) is 21.6 Å². The Morgan fingerprint density at radius 1 is 0.933 bits per heavy atom. The summed E-state index contributed by atoms with van der Waals surface area (Å²) in [6.45, 7) is 7.54. The van der Waals surface area contributed by atoms with Crippen molar-refractivity contribution in [2.24, 2.45) is 0 Å². The Morgan fingerprint density at radius 2 is 1.53 bits per heavy atom. The molecule has 0 saturated heterocycles. The standard InChI is InChI=1S/C20H27N3O5S2/c1-5-23(6-2)30(27,28)18-11-8-16(9-12-18)20(24)21-17-10-13-19(15(4)14-17)22-29(25,26)7-3/h8-14,22H,5-7H2,1-4H3,(H,21,24). The highest BCUT2D eigenvalue weighted by Crippen LogP contribution is 2.22. The van der Waals surface area contributed by atoms with Crippen LogP contribution < -0.4 is 10.0 Å². The Balaban J connectivity index is 2.16. The van der Waals surface area contributed by atoms with Gasteiger partial charge in [-0.15, -0.1) is 0 Å². The number of carbonyl (C=O) groups is 1. The van der Waals surface area contributed by atoms with Crippen LogP contribution in [0, 0.1) is 6.92 Å². The predicted octanol–water partition coefficient (Wildman–Crippen LogP) is 3.04. The van der Waals surface area contributed by atoms with Gasteiger partial charge in [0.15, 0.2) is 0 Å². The quantitative estimate of drug-likeness (QED) is 0.606. The van der Waals surface area contributed by atoms with Crippen LogP contribution in [0.25, 0.3) is 0 Å². The third kappa shape index (κ3) is 5.59. The molecule has 2 N–H and O–H groups in total. The fraction of sp³-hybridized carbons (Fsp3) is 0.350. The first-order chi connectivity index (χ1) is 14.0. The molecule has 2 aromatic rings. The third-order valence-electron chi connectivity index (χ3n) is 4.59. The lowest BCUT2D eigenvalue weighted by Crippen LogP contribution is -2.30. The molecule has 0 aromatic heterocycles. The van der Waals surface area contributed by atoms with Crippen molar-refractivity contribution in [2.75, 3.05) is 28.9 Å². The van der Waals surface area contributed by atoms with Gasteiger partial charge in [0.25, 0.3) is 5.91 Å². The fourth-order valence-electron chi connectivity index (χ4n) is 2.79. The number of anilines is 2. The van der Waals surface area contributed by atoms with Gasteiger partial charge in [-0.2, -0.15) is 4.31 Å². The molecule has 0 aliphatic carbocycles. The van der Waals surface area contributed by atoms with E-state index >= 15 is 0 Å². The monoisotopic (exact) mass is 453 g/mol. The Kier molecular flexibility index (Phi) is 7.62. The van der Waals surface area contributed by atoms with Crippen LogP contribution in [0.3, 0.4) is 0 Å². The normalized spacial score (nSPS) is 12.0. The zero-order chi connectivity index (χ0) is 22.5. The molecule has 10 heteroatoms. The van der Waals surface area contributed by atoms with Crippen molar-refractivity contribution in [1.82, 2.24) is 4.31 Å². The van der Waals surface area contributed by atoms with E-state index in [0.717, 1.165) is 0 Å². The minimum absolute atomic E-state index is 0.0368. The Bertz CT molecular complexity index is 1110. The highest BCUT2D eigenvalue weighted by molar-refractivity contribution is 7.92. The Morgan fingerprint density at radius 3 is 2.03 bits per heavy atom. The van der Waals surface area contributed by atoms with Crippen molar-refractivity contribution in [3.8, 4) is 0 Å². The van der Waals surface area contributed by atoms with E-state index in [1.54, 1.807) is 45.9 Å². The minimum Gasteiger partial charge on any atom is -0.322 e. The second-order valence-corrected chi connectivity index (χ2v) is 10.6. The first-order valence-corrected chi connectivity index (χ1v) is 12.7. The molecule has 0 radical (unpaired) electrons. The maximum absolute atomic E-state index is 12.5. The summed E-state index contributed by atoms with van der Waals surface area (Å²) in [6.07, 6.45) is 0. The van der Waals surface area contributed by atoms with E-state index in [-0.39, 0.29) is 10.6 Å². The van der Waals surface area contributed by atoms with Gasteiger partial charge in [-0.1, -0.05) is 13.8 Å². The lowest BCUT2D eigenvalue weighted by Gasteiger charge is -2.18. The first-order valence-electron chi connectivity index (χ1n) is 9.56. The molecule has 0 heterocycles. The van der Waals surface area contributed by atoms with Gasteiger partial charge in [0.2, 0.25) is 20.0 Å². The van der Waals surface area contributed by atoms with Crippen molar-refractivity contribution in [3.63, 3.8) is 0 Å². The van der Waals surface area contributed by atoms with Gasteiger partial charge in [-0.05, 0) is 61.9 Å². The number of amides is 1. The summed E-state index contributed by atoms with van der Waals surface area (Å²) in [6, 6.07) is 10.6. The summed E-state index contributed by atoms with van der Waals surface area (Å²) in [5.41, 5.74) is 1.91. The van der Waals surface area contributed by atoms with Crippen LogP contribution in [0.15, 0.2) is 47.4 Å². The summed E-state index contributed by atoms with van der Waals surface area (Å²) >= 11 is 0. The zero-order valence-corrected chi connectivity index (χ0v) is 19.1. The first kappa shape index (κ1) is 23.8. The fourth-order valence-corrected chi connectivity index (χ4v) is 4.96. The summed E-state index contributed by atoms with van der Waals surface area (Å²) in [5, 5.41) is 2.73. The number of sulfonamides is 2. The largest absolute Gasteiger partial charge is 0.322 e. The second kappa shape index (κ2) is 9.59. The van der Waals surface area contributed by atoms with Gasteiger partial charge in [-0.25, -0.2) is 16.8 Å². The lowest BCUT2D eigenvalue weighted by atomic mass is 10.1. The van der Waals surface area contributed by atoms with Gasteiger partial charge in [0.1, 0.15) is 0 Å². The van der Waals surface area contributed by atoms with Crippen LogP contribution in [0.4, 0.5) is 11.4 Å². The molecule has 0 aliphatic rings. The number of nitrogens with one attached hydrogen (secondary N) is 2. The molecule has 0 spiro atoms. The SMILES string of the molecule is CCN(CC)S(=O)(=O)c1ccc(C(=O)Nc2ccc(NS(=O)(=O)CC)c(C)c2)cc1. The van der Waals surface area contributed by atoms with E-state index in [2.05, 4.69) is 10.0 Å². The van der Waals surface area contributed by atoms with Crippen LogP contribution in [-0.4, -0.2) is 45.9 Å². The van der Waals surface area contributed by atoms with Crippen LogP contribution in [-0.2, 0) is 20.0 Å². The van der Waals surface area contributed by atoms with E-state index in [4.69, 9.17) is 0 Å². The molecule has 0 fully saturated rings. The van der Waals surface area contributed by atoms with Gasteiger partial charge in [0.05, 0.1) is 16.3 Å². The van der Waals surface area contributed by atoms with Crippen LogP contribution in [0.5, 0.6) is 0 Å². The van der Waals surface area contributed by atoms with Crippen LogP contribution >= 0.6 is 0 Å². The molecular weight excluding hydrogens is 426 g/mol. The van der Waals surface area contributed by atoms with Crippen LogP contribution in [0.2, 0.25) is 0 Å². The Labute approximate surface area is 178 Å². The molecule has 0 saturated carbocycles. The average molecular weight is 454 g/mol. The van der Waals surface area contributed by atoms with Crippen molar-refractivity contribution in [3.05, 3.63) is 53.6 Å². The number of benzene rings is 2. The topological polar surface area (TPSA) is 113 Å². The summed E-state index contributed by atoms with van der Waals surface area (Å²) in [7, 11) is -6.97. The third-order valence-corrected chi connectivity index (χ3v) is 7.94. The van der Waals surface area contributed by atoms with Crippen molar-refractivity contribution in [1.29, 1.82) is 0 Å². The van der Waals surface area contributed by atoms with E-state index in [1.807, 2.05) is 0 Å². The van der Waals surface area contributed by atoms with E-state index in [0.29, 0.717) is 35.6 Å². The maximum Gasteiger partial charge on any atom is 0.255 e. The van der Waals surface area contributed by atoms with Gasteiger partial charge in [0, 0.05) is 24.3 Å². The minimum atomic E-state index is -3.58. The van der Waals surface area contributed by atoms with Crippen molar-refractivity contribution >= 4 is 37.3 Å². The van der Waals surface area contributed by atoms with Crippen molar-refractivity contribution in [2.45, 2.75) is 32.6 Å². The molecular formula is C20H27N3O5S2. The second-order valence-electron chi connectivity index (χ2n) is 6.60. The molecule has 1 amide bonds. The smallest absolute Gasteiger partial charge is 0.255 e. The molecule has 0 aliphatic heterocycles. The number of aryl methyl sites for hydroxylation is 1. The molecule has 0 unspecified atom stereocenters. The van der Waals surface area contributed by atoms with Crippen molar-refractivity contribution < 1.29 is 21.6 Å². The zero-order valence-electron chi connectivity index (χ0n) is 17.5. The average Bonchev–Trinajstić information content (AvgIpc) is 2.71. The van der Waals surface area contributed by atoms with E-state index < -0.39 is 26.0 Å². The lowest BCUT2D eigenvalue weighted by molar-refractivity contribution is 0.102. The predicted molar refractivity (Wildman–Crippen MR) is 119 cm³/mol. The molecule has 8 nitrogen and oxygen atoms in total. The Hall–Kier alpha value is -2.43. The number of hydrogen-bond acceptors (Lipinski definition) is 5. The molecule has 30 heavy (non-hydrogen) atoms. The highest BCUT2D eigenvalue weighted by Gasteiger charge is 2.21. The van der Waals surface area contributed by atoms with E-state index in [1.165, 1.54) is 28.6 Å². The molecule has 164 valence electrons. The highest BCUT2D eigenvalue weighted by atomic mass is 32.2. The van der Waals surface area contributed by atoms with Gasteiger partial charge in [-0.3, -0.25) is 9.52 Å². The number of hydrogen-bond donors (Lipinski definition) is 2. The number of nitrogens with zero attached hydrogens (tertiary/aromatic N) is 1. The van der Waals surface area contributed by atoms with Gasteiger partial charge < -0.3 is 5.32 Å². The summed E-state index contributed by atoms with van der Waals surface area (Å²) < 4.78 is 52.3. The molecule has 2 rings (SSSR count). The summed E-state index contributed by atoms with van der Waals surface area (Å²) in [5.74, 6) is -0.437. The van der Waals surface area contributed by atoms with Crippen LogP contribution in [0.1, 0.15) is 36.7 Å². The number of carbonyl (C=O) groups excluding carboxylic acids is 1. The molecule has 2 aromatic carbocycles. The molecule has 0 bridgehead atoms. The van der Waals surface area contributed by atoms with Gasteiger partial charge >= 0.3 is 0 Å². The maximum atomic E-state index is 12.5. The number of rotatable bonds is 9. The molecule has 0 atom stereocenters. The summed E-state index contributed by atoms with van der Waals surface area (Å²) in [4.78, 5) is 12.6.